The van der Waals surface area contributed by atoms with Crippen LogP contribution in [0.4, 0.5) is 4.39 Å². The van der Waals surface area contributed by atoms with Gasteiger partial charge in [-0.05, 0) is 86.0 Å². The Kier molecular flexibility index (Phi) is 12.3. The SMILES string of the molecule is CNC(Cc1ccccc1)C(=O)NC1(C(=O)NS[C@@H](Cc2c[nH]c3ccccc23)C(N)=O)CCN(C(=O)CNCc2ccc(C)c(F)c2)CC1. The number of nitrogens with two attached hydrogens (primary N) is 1. The Morgan fingerprint density at radius 3 is 2.40 bits per heavy atom. The standard InChI is InChI=1S/C37H44FN7O4S/c1-24-12-13-26(18-29(24)38)21-41-23-33(46)45-16-14-37(15-17-45,43-35(48)31(40-2)19-25-8-4-3-5-9-25)36(49)44-50-32(34(39)47)20-27-22-42-30-11-7-6-10-28(27)30/h3-13,18,22,31-32,40-42H,14-17,19-21,23H2,1-2H3,(H2,39,47)(H,43,48)(H,44,49)/t31?,32-/m0/s1. The van der Waals surface area contributed by atoms with E-state index in [4.69, 9.17) is 5.73 Å². The van der Waals surface area contributed by atoms with Gasteiger partial charge < -0.3 is 31.6 Å². The van der Waals surface area contributed by atoms with E-state index in [1.807, 2.05) is 66.9 Å². The minimum Gasteiger partial charge on any atom is -0.369 e. The number of fused-ring (bicyclic) bond motifs is 1. The number of nitrogens with zero attached hydrogens (tertiary/aromatic N) is 1. The van der Waals surface area contributed by atoms with Gasteiger partial charge in [-0.15, -0.1) is 0 Å². The Bertz CT molecular complexity index is 1810. The number of aromatic amines is 1. The lowest BCUT2D eigenvalue weighted by Crippen LogP contribution is -2.65. The third kappa shape index (κ3) is 9.09. The first kappa shape index (κ1) is 36.6. The number of aryl methyl sites for hydroxylation is 1. The summed E-state index contributed by atoms with van der Waals surface area (Å²) in [6.07, 6.45) is 2.84. The molecule has 4 amide bonds. The van der Waals surface area contributed by atoms with Gasteiger partial charge in [-0.2, -0.15) is 0 Å². The van der Waals surface area contributed by atoms with Crippen molar-refractivity contribution in [3.8, 4) is 0 Å². The van der Waals surface area contributed by atoms with Gasteiger partial charge in [0.25, 0.3) is 5.91 Å². The highest BCUT2D eigenvalue weighted by molar-refractivity contribution is 7.99. The molecular weight excluding hydrogens is 658 g/mol. The van der Waals surface area contributed by atoms with E-state index in [1.165, 1.54) is 6.07 Å². The second-order valence-corrected chi connectivity index (χ2v) is 13.7. The number of benzene rings is 3. The third-order valence-electron chi connectivity index (χ3n) is 9.25. The van der Waals surface area contributed by atoms with Crippen LogP contribution < -0.4 is 26.4 Å². The van der Waals surface area contributed by atoms with E-state index >= 15 is 0 Å². The molecule has 2 heterocycles. The number of rotatable bonds is 15. The summed E-state index contributed by atoms with van der Waals surface area (Å²) in [6, 6.07) is 21.6. The van der Waals surface area contributed by atoms with Crippen molar-refractivity contribution in [2.45, 2.75) is 56.0 Å². The monoisotopic (exact) mass is 701 g/mol. The number of likely N-dealkylation sites (N-methyl/N-ethyl adjacent to an activating group) is 1. The van der Waals surface area contributed by atoms with Crippen LogP contribution in [0, 0.1) is 12.7 Å². The van der Waals surface area contributed by atoms with Crippen LogP contribution in [-0.2, 0) is 38.6 Å². The van der Waals surface area contributed by atoms with Gasteiger partial charge >= 0.3 is 0 Å². The van der Waals surface area contributed by atoms with Gasteiger partial charge in [-0.25, -0.2) is 4.39 Å². The molecule has 1 saturated heterocycles. The first-order valence-corrected chi connectivity index (χ1v) is 17.5. The Hall–Kier alpha value is -4.72. The van der Waals surface area contributed by atoms with Crippen molar-refractivity contribution in [3.05, 3.63) is 107 Å². The number of H-pyrrole nitrogens is 1. The minimum absolute atomic E-state index is 0.0317. The minimum atomic E-state index is -1.34. The smallest absolute Gasteiger partial charge is 0.255 e. The lowest BCUT2D eigenvalue weighted by atomic mass is 9.86. The molecule has 1 aliphatic heterocycles. The summed E-state index contributed by atoms with van der Waals surface area (Å²) in [5, 5.41) is 9.35. The number of carbonyl (C=O) groups is 4. The molecule has 0 aliphatic carbocycles. The number of aromatic nitrogens is 1. The average molecular weight is 702 g/mol. The number of piperidine rings is 1. The summed E-state index contributed by atoms with van der Waals surface area (Å²) < 4.78 is 16.8. The Balaban J connectivity index is 1.26. The van der Waals surface area contributed by atoms with E-state index in [0.717, 1.165) is 39.5 Å². The van der Waals surface area contributed by atoms with Crippen molar-refractivity contribution in [3.63, 3.8) is 0 Å². The van der Waals surface area contributed by atoms with Crippen LogP contribution in [0.1, 0.15) is 35.1 Å². The quantitative estimate of drug-likeness (QED) is 0.104. The first-order chi connectivity index (χ1) is 24.1. The Morgan fingerprint density at radius 1 is 0.980 bits per heavy atom. The lowest BCUT2D eigenvalue weighted by molar-refractivity contribution is -0.139. The van der Waals surface area contributed by atoms with Gasteiger partial charge in [0.05, 0.1) is 12.6 Å². The Labute approximate surface area is 295 Å². The van der Waals surface area contributed by atoms with Crippen molar-refractivity contribution < 1.29 is 23.6 Å². The molecule has 1 aromatic heterocycles. The van der Waals surface area contributed by atoms with Gasteiger partial charge in [0, 0.05) is 36.7 Å². The molecule has 1 aliphatic rings. The molecule has 13 heteroatoms. The van der Waals surface area contributed by atoms with E-state index in [1.54, 1.807) is 24.9 Å². The molecule has 4 aromatic rings. The predicted octanol–water partition coefficient (Wildman–Crippen LogP) is 2.87. The zero-order valence-electron chi connectivity index (χ0n) is 28.3. The van der Waals surface area contributed by atoms with E-state index < -0.39 is 28.6 Å². The van der Waals surface area contributed by atoms with Crippen molar-refractivity contribution >= 4 is 46.5 Å². The molecule has 3 aromatic carbocycles. The summed E-state index contributed by atoms with van der Waals surface area (Å²) in [7, 11) is 1.69. The Morgan fingerprint density at radius 2 is 1.70 bits per heavy atom. The third-order valence-corrected chi connectivity index (χ3v) is 10.2. The molecule has 2 atom stereocenters. The maximum atomic E-state index is 14.1. The summed E-state index contributed by atoms with van der Waals surface area (Å²) in [5.74, 6) is -1.88. The average Bonchev–Trinajstić information content (AvgIpc) is 3.53. The molecule has 50 heavy (non-hydrogen) atoms. The summed E-state index contributed by atoms with van der Waals surface area (Å²) in [6.45, 7) is 2.48. The number of primary amides is 1. The highest BCUT2D eigenvalue weighted by Gasteiger charge is 2.45. The number of halogens is 1. The fourth-order valence-corrected chi connectivity index (χ4v) is 6.96. The van der Waals surface area contributed by atoms with Gasteiger partial charge in [0.2, 0.25) is 17.7 Å². The zero-order chi connectivity index (χ0) is 35.7. The molecule has 1 unspecified atom stereocenters. The fraction of sp³-hybridized carbons (Fsp3) is 0.351. The van der Waals surface area contributed by atoms with Crippen molar-refractivity contribution in [1.29, 1.82) is 0 Å². The van der Waals surface area contributed by atoms with E-state index in [2.05, 4.69) is 25.7 Å². The number of hydrogen-bond acceptors (Lipinski definition) is 7. The molecule has 0 radical (unpaired) electrons. The fourth-order valence-electron chi connectivity index (χ4n) is 6.14. The van der Waals surface area contributed by atoms with Gasteiger partial charge in [-0.3, -0.25) is 23.9 Å². The number of likely N-dealkylation sites (tertiary alicyclic amines) is 1. The molecule has 7 N–H and O–H groups in total. The van der Waals surface area contributed by atoms with E-state index in [9.17, 15) is 23.6 Å². The summed E-state index contributed by atoms with van der Waals surface area (Å²) in [4.78, 5) is 58.3. The first-order valence-electron chi connectivity index (χ1n) is 16.7. The highest BCUT2D eigenvalue weighted by atomic mass is 32.2. The van der Waals surface area contributed by atoms with E-state index in [0.29, 0.717) is 18.5 Å². The number of carbonyl (C=O) groups excluding carboxylic acids is 4. The van der Waals surface area contributed by atoms with Crippen molar-refractivity contribution in [2.24, 2.45) is 5.73 Å². The summed E-state index contributed by atoms with van der Waals surface area (Å²) in [5.41, 5.74) is 8.49. The van der Waals surface area contributed by atoms with Gasteiger partial charge in [-0.1, -0.05) is 60.7 Å². The molecule has 0 bridgehead atoms. The highest BCUT2D eigenvalue weighted by Crippen LogP contribution is 2.27. The number of nitrogens with one attached hydrogen (secondary N) is 5. The molecule has 1 fully saturated rings. The predicted molar refractivity (Wildman–Crippen MR) is 193 cm³/mol. The largest absolute Gasteiger partial charge is 0.369 e. The molecule has 264 valence electrons. The molecular formula is C37H44FN7O4S. The van der Waals surface area contributed by atoms with Crippen LogP contribution >= 0.6 is 11.9 Å². The normalized spacial score (nSPS) is 15.3. The molecule has 0 spiro atoms. The number of hydrogen-bond donors (Lipinski definition) is 6. The van der Waals surface area contributed by atoms with Crippen LogP contribution in [0.5, 0.6) is 0 Å². The number of para-hydroxylation sites is 1. The van der Waals surface area contributed by atoms with Crippen molar-refractivity contribution in [2.75, 3.05) is 26.7 Å². The maximum absolute atomic E-state index is 14.1. The lowest BCUT2D eigenvalue weighted by Gasteiger charge is -2.41. The molecule has 11 nitrogen and oxygen atoms in total. The zero-order valence-corrected chi connectivity index (χ0v) is 29.1. The topological polar surface area (TPSA) is 161 Å². The van der Waals surface area contributed by atoms with Crippen LogP contribution in [0.3, 0.4) is 0 Å². The van der Waals surface area contributed by atoms with Crippen LogP contribution in [0.15, 0.2) is 79.0 Å². The van der Waals surface area contributed by atoms with Gasteiger partial charge in [0.1, 0.15) is 16.6 Å². The molecule has 0 saturated carbocycles. The van der Waals surface area contributed by atoms with Crippen molar-refractivity contribution in [1.82, 2.24) is 30.6 Å². The molecule has 5 rings (SSSR count). The summed E-state index contributed by atoms with van der Waals surface area (Å²) >= 11 is 0.926. The number of amides is 4. The van der Waals surface area contributed by atoms with Crippen LogP contribution in [0.25, 0.3) is 10.9 Å². The maximum Gasteiger partial charge on any atom is 0.255 e. The second kappa shape index (κ2) is 16.8. The second-order valence-electron chi connectivity index (χ2n) is 12.7. The van der Waals surface area contributed by atoms with Crippen LogP contribution in [-0.4, -0.2) is 77.0 Å². The van der Waals surface area contributed by atoms with Gasteiger partial charge in [0.15, 0.2) is 0 Å². The van der Waals surface area contributed by atoms with E-state index in [-0.39, 0.29) is 56.5 Å². The van der Waals surface area contributed by atoms with Crippen LogP contribution in [0.2, 0.25) is 0 Å².